The van der Waals surface area contributed by atoms with Crippen molar-refractivity contribution in [3.63, 3.8) is 0 Å². The molecule has 1 unspecified atom stereocenters. The average molecular weight is 265 g/mol. The molecular weight excluding hydrogens is 242 g/mol. The van der Waals surface area contributed by atoms with Crippen LogP contribution in [-0.2, 0) is 4.74 Å². The highest BCUT2D eigenvalue weighted by Crippen LogP contribution is 2.30. The molecule has 1 saturated heterocycles. The molecule has 2 fully saturated rings. The first-order valence-electron chi connectivity index (χ1n) is 7.59. The first-order chi connectivity index (χ1) is 9.43. The van der Waals surface area contributed by atoms with E-state index in [-0.39, 0.29) is 6.10 Å². The van der Waals surface area contributed by atoms with Gasteiger partial charge in [0.1, 0.15) is 6.10 Å². The van der Waals surface area contributed by atoms with E-state index in [4.69, 9.17) is 9.26 Å². The number of aromatic nitrogens is 2. The van der Waals surface area contributed by atoms with Crippen molar-refractivity contribution in [2.24, 2.45) is 0 Å². The number of nitrogens with one attached hydrogen (secondary N) is 1. The lowest BCUT2D eigenvalue weighted by Crippen LogP contribution is -2.33. The lowest BCUT2D eigenvalue weighted by atomic mass is 9.91. The summed E-state index contributed by atoms with van der Waals surface area (Å²) < 4.78 is 11.1. The molecule has 1 N–H and O–H groups in total. The van der Waals surface area contributed by atoms with Gasteiger partial charge in [0.25, 0.3) is 5.89 Å². The third-order valence-corrected chi connectivity index (χ3v) is 4.13. The van der Waals surface area contributed by atoms with Gasteiger partial charge in [-0.2, -0.15) is 4.98 Å². The first kappa shape index (κ1) is 13.1. The molecule has 19 heavy (non-hydrogen) atoms. The van der Waals surface area contributed by atoms with Crippen molar-refractivity contribution in [1.29, 1.82) is 0 Å². The Morgan fingerprint density at radius 3 is 2.58 bits per heavy atom. The Hall–Kier alpha value is -0.940. The topological polar surface area (TPSA) is 60.2 Å². The lowest BCUT2D eigenvalue weighted by molar-refractivity contribution is 0.00755. The zero-order chi connectivity index (χ0) is 12.9. The minimum absolute atomic E-state index is 0.0662. The average Bonchev–Trinajstić information content (AvgIpc) is 2.89. The molecule has 0 amide bonds. The molecule has 0 bridgehead atoms. The summed E-state index contributed by atoms with van der Waals surface area (Å²) in [5, 5.41) is 7.48. The van der Waals surface area contributed by atoms with Crippen LogP contribution >= 0.6 is 0 Å². The Bertz CT molecular complexity index is 380. The van der Waals surface area contributed by atoms with Crippen molar-refractivity contribution in [2.45, 2.75) is 57.0 Å². The van der Waals surface area contributed by atoms with E-state index in [1.165, 1.54) is 44.9 Å². The predicted octanol–water partition coefficient (Wildman–Crippen LogP) is 2.56. The van der Waals surface area contributed by atoms with E-state index >= 15 is 0 Å². The van der Waals surface area contributed by atoms with Gasteiger partial charge in [-0.1, -0.05) is 37.3 Å². The molecule has 3 rings (SSSR count). The van der Waals surface area contributed by atoms with Crippen LogP contribution in [0.5, 0.6) is 0 Å². The van der Waals surface area contributed by atoms with E-state index in [9.17, 15) is 0 Å². The lowest BCUT2D eigenvalue weighted by Gasteiger charge is -2.20. The molecular formula is C14H23N3O2. The summed E-state index contributed by atoms with van der Waals surface area (Å²) in [6.07, 6.45) is 8.97. The van der Waals surface area contributed by atoms with Crippen LogP contribution in [-0.4, -0.2) is 29.8 Å². The largest absolute Gasteiger partial charge is 0.366 e. The van der Waals surface area contributed by atoms with Gasteiger partial charge in [-0.25, -0.2) is 0 Å². The van der Waals surface area contributed by atoms with Crippen molar-refractivity contribution >= 4 is 0 Å². The molecule has 1 aromatic heterocycles. The zero-order valence-corrected chi connectivity index (χ0v) is 11.4. The van der Waals surface area contributed by atoms with Crippen LogP contribution in [0.2, 0.25) is 0 Å². The normalized spacial score (nSPS) is 26.8. The fraction of sp³-hybridized carbons (Fsp3) is 0.857. The van der Waals surface area contributed by atoms with E-state index in [0.717, 1.165) is 18.9 Å². The summed E-state index contributed by atoms with van der Waals surface area (Å²) in [6, 6.07) is 0. The highest BCUT2D eigenvalue weighted by molar-refractivity contribution is 4.98. The Labute approximate surface area is 114 Å². The van der Waals surface area contributed by atoms with Gasteiger partial charge in [-0.3, -0.25) is 0 Å². The van der Waals surface area contributed by atoms with Gasteiger partial charge < -0.3 is 14.6 Å². The van der Waals surface area contributed by atoms with E-state index in [1.807, 2.05) is 0 Å². The first-order valence-corrected chi connectivity index (χ1v) is 7.59. The van der Waals surface area contributed by atoms with Gasteiger partial charge >= 0.3 is 0 Å². The van der Waals surface area contributed by atoms with Crippen molar-refractivity contribution in [1.82, 2.24) is 15.5 Å². The minimum atomic E-state index is -0.0662. The number of hydrogen-bond donors (Lipinski definition) is 1. The molecule has 1 aromatic rings. The maximum atomic E-state index is 5.65. The quantitative estimate of drug-likeness (QED) is 0.890. The molecule has 0 aromatic carbocycles. The molecule has 2 aliphatic rings. The number of ether oxygens (including phenoxy) is 1. The van der Waals surface area contributed by atoms with Crippen molar-refractivity contribution in [2.75, 3.05) is 19.7 Å². The second-order valence-electron chi connectivity index (χ2n) is 5.60. The predicted molar refractivity (Wildman–Crippen MR) is 70.9 cm³/mol. The molecule has 1 atom stereocenters. The maximum absolute atomic E-state index is 5.65. The highest BCUT2D eigenvalue weighted by Gasteiger charge is 2.25. The summed E-state index contributed by atoms with van der Waals surface area (Å²) in [4.78, 5) is 4.59. The maximum Gasteiger partial charge on any atom is 0.257 e. The fourth-order valence-electron chi connectivity index (χ4n) is 2.98. The third-order valence-electron chi connectivity index (χ3n) is 4.13. The zero-order valence-electron chi connectivity index (χ0n) is 11.4. The SMILES string of the molecule is C1CCCC(c2noc(C3CNCCO3)n2)CCC1. The highest BCUT2D eigenvalue weighted by atomic mass is 16.5. The number of morpholine rings is 1. The van der Waals surface area contributed by atoms with Gasteiger partial charge in [-0.15, -0.1) is 0 Å². The van der Waals surface area contributed by atoms with Gasteiger partial charge in [0.05, 0.1) is 6.61 Å². The van der Waals surface area contributed by atoms with Crippen LogP contribution in [0.3, 0.4) is 0 Å². The summed E-state index contributed by atoms with van der Waals surface area (Å²) >= 11 is 0. The molecule has 5 heteroatoms. The minimum Gasteiger partial charge on any atom is -0.366 e. The van der Waals surface area contributed by atoms with E-state index in [0.29, 0.717) is 18.4 Å². The van der Waals surface area contributed by atoms with Crippen LogP contribution in [0, 0.1) is 0 Å². The molecule has 2 heterocycles. The van der Waals surface area contributed by atoms with Crippen LogP contribution in [0.15, 0.2) is 4.52 Å². The smallest absolute Gasteiger partial charge is 0.257 e. The molecule has 1 aliphatic carbocycles. The van der Waals surface area contributed by atoms with Gasteiger partial charge in [0.2, 0.25) is 0 Å². The van der Waals surface area contributed by atoms with Crippen molar-refractivity contribution < 1.29 is 9.26 Å². The molecule has 106 valence electrons. The van der Waals surface area contributed by atoms with Crippen molar-refractivity contribution in [3.05, 3.63) is 11.7 Å². The standard InChI is InChI=1S/C14H23N3O2/c1-2-4-6-11(7-5-3-1)13-16-14(19-17-13)12-10-15-8-9-18-12/h11-12,15H,1-10H2. The molecule has 1 saturated carbocycles. The summed E-state index contributed by atoms with van der Waals surface area (Å²) in [5.74, 6) is 2.02. The van der Waals surface area contributed by atoms with Crippen LogP contribution in [0.25, 0.3) is 0 Å². The van der Waals surface area contributed by atoms with Crippen LogP contribution < -0.4 is 5.32 Å². The third kappa shape index (κ3) is 3.34. The van der Waals surface area contributed by atoms with Crippen molar-refractivity contribution in [3.8, 4) is 0 Å². The molecule has 0 spiro atoms. The van der Waals surface area contributed by atoms with Gasteiger partial charge in [-0.05, 0) is 12.8 Å². The second kappa shape index (κ2) is 6.48. The molecule has 1 aliphatic heterocycles. The molecule has 0 radical (unpaired) electrons. The monoisotopic (exact) mass is 265 g/mol. The second-order valence-corrected chi connectivity index (χ2v) is 5.60. The Kier molecular flexibility index (Phi) is 4.45. The van der Waals surface area contributed by atoms with Crippen LogP contribution in [0.1, 0.15) is 68.7 Å². The summed E-state index contributed by atoms with van der Waals surface area (Å²) in [7, 11) is 0. The fourth-order valence-corrected chi connectivity index (χ4v) is 2.98. The Morgan fingerprint density at radius 1 is 1.05 bits per heavy atom. The molecule has 5 nitrogen and oxygen atoms in total. The summed E-state index contributed by atoms with van der Waals surface area (Å²) in [5.41, 5.74) is 0. The number of rotatable bonds is 2. The Balaban J connectivity index is 1.65. The van der Waals surface area contributed by atoms with Gasteiger partial charge in [0, 0.05) is 19.0 Å². The van der Waals surface area contributed by atoms with E-state index in [1.54, 1.807) is 0 Å². The number of nitrogens with zero attached hydrogens (tertiary/aromatic N) is 2. The van der Waals surface area contributed by atoms with E-state index in [2.05, 4.69) is 15.5 Å². The van der Waals surface area contributed by atoms with Gasteiger partial charge in [0.15, 0.2) is 5.82 Å². The Morgan fingerprint density at radius 2 is 1.84 bits per heavy atom. The van der Waals surface area contributed by atoms with E-state index < -0.39 is 0 Å². The number of hydrogen-bond acceptors (Lipinski definition) is 5. The van der Waals surface area contributed by atoms with Crippen LogP contribution in [0.4, 0.5) is 0 Å². The summed E-state index contributed by atoms with van der Waals surface area (Å²) in [6.45, 7) is 2.39.